The number of amides is 1. The number of H-pyrrole nitrogens is 1. The van der Waals surface area contributed by atoms with Crippen molar-refractivity contribution in [2.45, 2.75) is 4.90 Å². The first-order chi connectivity index (χ1) is 8.40. The Hall–Kier alpha value is -1.55. The lowest BCUT2D eigenvalue weighted by Crippen LogP contribution is -2.11. The highest BCUT2D eigenvalue weighted by atomic mass is 35.5. The number of carbonyl (C=O) groups is 1. The van der Waals surface area contributed by atoms with Crippen molar-refractivity contribution in [2.24, 2.45) is 0 Å². The molecule has 11 heteroatoms. The number of hydrogen-bond acceptors (Lipinski definition) is 5. The van der Waals surface area contributed by atoms with Crippen LogP contribution in [0.3, 0.4) is 0 Å². The first-order valence-corrected chi connectivity index (χ1v) is 6.16. The number of aromatic amines is 1. The number of rotatable bonds is 2. The van der Waals surface area contributed by atoms with E-state index < -0.39 is 16.2 Å². The molecule has 2 rings (SSSR count). The first-order valence-electron chi connectivity index (χ1n) is 4.72. The summed E-state index contributed by atoms with van der Waals surface area (Å²) in [6.07, 6.45) is -0.705. The summed E-state index contributed by atoms with van der Waals surface area (Å²) in [7, 11) is -3.08. The van der Waals surface area contributed by atoms with Crippen molar-refractivity contribution in [3.05, 3.63) is 18.2 Å². The van der Waals surface area contributed by atoms with Gasteiger partial charge in [-0.15, -0.1) is 24.8 Å². The van der Waals surface area contributed by atoms with Gasteiger partial charge in [-0.3, -0.25) is 9.87 Å². The number of nitrogens with one attached hydrogen (secondary N) is 2. The molecule has 1 aromatic heterocycles. The number of benzene rings is 1. The Morgan fingerprint density at radius 1 is 1.40 bits per heavy atom. The van der Waals surface area contributed by atoms with E-state index in [-0.39, 0.29) is 41.2 Å². The van der Waals surface area contributed by atoms with E-state index in [1.165, 1.54) is 25.3 Å². The molecule has 8 nitrogen and oxygen atoms in total. The molecule has 112 valence electrons. The van der Waals surface area contributed by atoms with E-state index in [9.17, 15) is 13.2 Å². The Bertz CT molecular complexity index is 715. The molecule has 3 N–H and O–H groups in total. The van der Waals surface area contributed by atoms with E-state index in [2.05, 4.69) is 20.0 Å². The number of ether oxygens (including phenoxy) is 1. The summed E-state index contributed by atoms with van der Waals surface area (Å²) in [5.74, 6) is 0.115. The lowest BCUT2D eigenvalue weighted by Gasteiger charge is -1.96. The molecule has 0 spiro atoms. The van der Waals surface area contributed by atoms with Crippen molar-refractivity contribution in [3.63, 3.8) is 0 Å². The summed E-state index contributed by atoms with van der Waals surface area (Å²) in [5, 5.41) is 2.30. The van der Waals surface area contributed by atoms with Gasteiger partial charge in [0, 0.05) is 0 Å². The maximum Gasteiger partial charge on any atom is 0.413 e. The van der Waals surface area contributed by atoms with E-state index in [1.807, 2.05) is 0 Å². The van der Waals surface area contributed by atoms with Gasteiger partial charge in [-0.1, -0.05) is 0 Å². The Morgan fingerprint density at radius 2 is 2.05 bits per heavy atom. The van der Waals surface area contributed by atoms with Crippen molar-refractivity contribution < 1.29 is 22.5 Å². The van der Waals surface area contributed by atoms with Crippen LogP contribution in [0.1, 0.15) is 0 Å². The molecule has 0 radical (unpaired) electrons. The topological polar surface area (TPSA) is 121 Å². The normalized spacial score (nSPS) is 10.3. The lowest BCUT2D eigenvalue weighted by molar-refractivity contribution is 0.186. The molecular weight excluding hydrogens is 333 g/mol. The summed E-state index contributed by atoms with van der Waals surface area (Å²) in [4.78, 5) is 17.4. The maximum atomic E-state index is 11.0. The number of fused-ring (bicyclic) bond motifs is 1. The smallest absolute Gasteiger partial charge is 0.413 e. The van der Waals surface area contributed by atoms with E-state index in [0.717, 1.165) is 0 Å². The zero-order valence-corrected chi connectivity index (χ0v) is 12.4. The van der Waals surface area contributed by atoms with Crippen LogP contribution in [0, 0.1) is 0 Å². The van der Waals surface area contributed by atoms with Gasteiger partial charge in [0.15, 0.2) is 0 Å². The van der Waals surface area contributed by atoms with Crippen LogP contribution in [0.5, 0.6) is 0 Å². The Morgan fingerprint density at radius 3 is 2.60 bits per heavy atom. The molecule has 20 heavy (non-hydrogen) atoms. The van der Waals surface area contributed by atoms with E-state index in [4.69, 9.17) is 4.55 Å². The molecule has 0 bridgehead atoms. The maximum absolute atomic E-state index is 11.0. The van der Waals surface area contributed by atoms with Gasteiger partial charge in [0.1, 0.15) is 0 Å². The Kier molecular flexibility index (Phi) is 6.23. The molecule has 1 aromatic carbocycles. The van der Waals surface area contributed by atoms with Crippen LogP contribution >= 0.6 is 24.8 Å². The van der Waals surface area contributed by atoms with Gasteiger partial charge >= 0.3 is 6.09 Å². The highest BCUT2D eigenvalue weighted by Crippen LogP contribution is 2.18. The second-order valence-electron chi connectivity index (χ2n) is 3.36. The number of aromatic nitrogens is 2. The van der Waals surface area contributed by atoms with Gasteiger partial charge in [0.05, 0.1) is 23.0 Å². The van der Waals surface area contributed by atoms with Crippen molar-refractivity contribution in [1.82, 2.24) is 9.97 Å². The molecule has 0 aliphatic carbocycles. The van der Waals surface area contributed by atoms with Gasteiger partial charge in [0.25, 0.3) is 10.1 Å². The van der Waals surface area contributed by atoms with Crippen LogP contribution in [0.4, 0.5) is 10.7 Å². The van der Waals surface area contributed by atoms with Crippen molar-refractivity contribution in [3.8, 4) is 0 Å². The quantitative estimate of drug-likeness (QED) is 0.715. The average molecular weight is 344 g/mol. The molecule has 0 aliphatic rings. The zero-order valence-electron chi connectivity index (χ0n) is 9.98. The predicted molar refractivity (Wildman–Crippen MR) is 76.4 cm³/mol. The highest BCUT2D eigenvalue weighted by Gasteiger charge is 2.12. The van der Waals surface area contributed by atoms with Crippen LogP contribution in [0.25, 0.3) is 11.0 Å². The summed E-state index contributed by atoms with van der Waals surface area (Å²) in [6, 6.07) is 3.83. The monoisotopic (exact) mass is 343 g/mol. The van der Waals surface area contributed by atoms with Crippen LogP contribution in [0.2, 0.25) is 0 Å². The number of halogens is 2. The third-order valence-electron chi connectivity index (χ3n) is 2.16. The van der Waals surface area contributed by atoms with Crippen molar-refractivity contribution in [2.75, 3.05) is 12.4 Å². The van der Waals surface area contributed by atoms with Gasteiger partial charge in [-0.25, -0.2) is 9.78 Å². The van der Waals surface area contributed by atoms with E-state index in [1.54, 1.807) is 0 Å². The van der Waals surface area contributed by atoms with Crippen LogP contribution in [-0.2, 0) is 14.9 Å². The third kappa shape index (κ3) is 3.97. The minimum Gasteiger partial charge on any atom is -0.453 e. The molecule has 0 saturated heterocycles. The van der Waals surface area contributed by atoms with Gasteiger partial charge < -0.3 is 9.72 Å². The van der Waals surface area contributed by atoms with Crippen LogP contribution in [-0.4, -0.2) is 36.1 Å². The molecule has 2 aromatic rings. The Labute approximate surface area is 126 Å². The molecule has 0 aliphatic heterocycles. The van der Waals surface area contributed by atoms with Crippen LogP contribution < -0.4 is 5.32 Å². The number of anilines is 1. The summed E-state index contributed by atoms with van der Waals surface area (Å²) < 4.78 is 35.1. The van der Waals surface area contributed by atoms with E-state index in [0.29, 0.717) is 5.52 Å². The lowest BCUT2D eigenvalue weighted by atomic mass is 10.3. The minimum absolute atomic E-state index is 0. The second-order valence-corrected chi connectivity index (χ2v) is 4.78. The van der Waals surface area contributed by atoms with E-state index >= 15 is 0 Å². The predicted octanol–water partition coefficient (Wildman–Crippen LogP) is 1.83. The molecule has 0 saturated carbocycles. The molecule has 0 fully saturated rings. The fraction of sp³-hybridized carbons (Fsp3) is 0.111. The largest absolute Gasteiger partial charge is 0.453 e. The zero-order chi connectivity index (χ0) is 13.3. The molecule has 0 unspecified atom stereocenters. The minimum atomic E-state index is -4.28. The number of hydrogen-bond donors (Lipinski definition) is 3. The highest BCUT2D eigenvalue weighted by molar-refractivity contribution is 7.85. The fourth-order valence-electron chi connectivity index (χ4n) is 1.35. The first kappa shape index (κ1) is 18.4. The summed E-state index contributed by atoms with van der Waals surface area (Å²) in [5.41, 5.74) is 0.797. The summed E-state index contributed by atoms with van der Waals surface area (Å²) >= 11 is 0. The third-order valence-corrected chi connectivity index (χ3v) is 3.01. The molecule has 1 heterocycles. The fourth-order valence-corrected chi connectivity index (χ4v) is 1.85. The van der Waals surface area contributed by atoms with Gasteiger partial charge in [0.2, 0.25) is 5.95 Å². The molecular formula is C9H11Cl2N3O5S. The summed E-state index contributed by atoms with van der Waals surface area (Å²) in [6.45, 7) is 0. The number of methoxy groups -OCH3 is 1. The molecule has 0 atom stereocenters. The molecule has 1 amide bonds. The SMILES string of the molecule is COC(=O)Nc1nc2cc(S(=O)(=O)O)ccc2[nH]1.Cl.Cl. The van der Waals surface area contributed by atoms with Gasteiger partial charge in [-0.05, 0) is 18.2 Å². The number of imidazole rings is 1. The number of nitrogens with zero attached hydrogens (tertiary/aromatic N) is 1. The number of carbonyl (C=O) groups excluding carboxylic acids is 1. The standard InChI is InChI=1S/C9H9N3O5S.2ClH/c1-17-9(13)12-8-10-6-3-2-5(18(14,15)16)4-7(6)11-8;;/h2-4H,1H3,(H,14,15,16)(H2,10,11,12,13);2*1H. The average Bonchev–Trinajstić information content (AvgIpc) is 2.68. The van der Waals surface area contributed by atoms with Crippen LogP contribution in [0.15, 0.2) is 23.1 Å². The van der Waals surface area contributed by atoms with Crippen molar-refractivity contribution >= 4 is 58.0 Å². The van der Waals surface area contributed by atoms with Crippen molar-refractivity contribution in [1.29, 1.82) is 0 Å². The van der Waals surface area contributed by atoms with Gasteiger partial charge in [-0.2, -0.15) is 8.42 Å². The second kappa shape index (κ2) is 6.75. The Balaban J connectivity index is 0.00000180.